The topological polar surface area (TPSA) is 68.5 Å². The summed E-state index contributed by atoms with van der Waals surface area (Å²) in [6.07, 6.45) is 10.2. The van der Waals surface area contributed by atoms with Crippen molar-refractivity contribution in [1.29, 1.82) is 0 Å². The van der Waals surface area contributed by atoms with Crippen LogP contribution in [0.25, 0.3) is 0 Å². The minimum absolute atomic E-state index is 0.0947. The Morgan fingerprint density at radius 1 is 1.07 bits per heavy atom. The van der Waals surface area contributed by atoms with E-state index in [-0.39, 0.29) is 11.9 Å². The van der Waals surface area contributed by atoms with Crippen molar-refractivity contribution in [2.24, 2.45) is 5.92 Å². The first-order chi connectivity index (χ1) is 14.8. The summed E-state index contributed by atoms with van der Waals surface area (Å²) >= 11 is 0. The van der Waals surface area contributed by atoms with Crippen molar-refractivity contribution in [1.82, 2.24) is 15.0 Å². The van der Waals surface area contributed by atoms with Gasteiger partial charge in [-0.25, -0.2) is 0 Å². The van der Waals surface area contributed by atoms with Crippen molar-refractivity contribution in [2.45, 2.75) is 70.3 Å². The van der Waals surface area contributed by atoms with Crippen LogP contribution in [0, 0.1) is 5.92 Å². The predicted molar refractivity (Wildman–Crippen MR) is 114 cm³/mol. The SMILES string of the molecule is O=C(CCc1ccccc1)N1CCCCC1c1nc(CCOCC2CCCC2)no1. The molecule has 0 bridgehead atoms. The van der Waals surface area contributed by atoms with Gasteiger partial charge in [-0.05, 0) is 50.0 Å². The van der Waals surface area contributed by atoms with E-state index in [1.807, 2.05) is 23.1 Å². The second-order valence-electron chi connectivity index (χ2n) is 8.61. The number of rotatable bonds is 9. The van der Waals surface area contributed by atoms with E-state index >= 15 is 0 Å². The van der Waals surface area contributed by atoms with Crippen molar-refractivity contribution in [3.05, 3.63) is 47.6 Å². The molecule has 2 aliphatic rings. The molecule has 1 aromatic carbocycles. The van der Waals surface area contributed by atoms with Crippen LogP contribution in [0.5, 0.6) is 0 Å². The van der Waals surface area contributed by atoms with E-state index in [2.05, 4.69) is 22.3 Å². The number of carbonyl (C=O) groups excluding carboxylic acids is 1. The Balaban J connectivity index is 1.28. The number of aryl methyl sites for hydroxylation is 1. The lowest BCUT2D eigenvalue weighted by atomic mass is 10.0. The second-order valence-corrected chi connectivity index (χ2v) is 8.61. The molecule has 2 fully saturated rings. The Morgan fingerprint density at radius 3 is 2.70 bits per heavy atom. The molecule has 1 saturated heterocycles. The zero-order valence-corrected chi connectivity index (χ0v) is 17.8. The lowest BCUT2D eigenvalue weighted by Gasteiger charge is -2.33. The van der Waals surface area contributed by atoms with E-state index in [4.69, 9.17) is 9.26 Å². The highest BCUT2D eigenvalue weighted by molar-refractivity contribution is 5.77. The van der Waals surface area contributed by atoms with Crippen molar-refractivity contribution in [2.75, 3.05) is 19.8 Å². The zero-order valence-electron chi connectivity index (χ0n) is 17.8. The zero-order chi connectivity index (χ0) is 20.6. The average Bonchev–Trinajstić information content (AvgIpc) is 3.48. The number of piperidine rings is 1. The fourth-order valence-corrected chi connectivity index (χ4v) is 4.62. The van der Waals surface area contributed by atoms with Gasteiger partial charge in [0.15, 0.2) is 5.82 Å². The van der Waals surface area contributed by atoms with Crippen molar-refractivity contribution in [3.63, 3.8) is 0 Å². The van der Waals surface area contributed by atoms with Crippen LogP contribution in [0.3, 0.4) is 0 Å². The monoisotopic (exact) mass is 411 g/mol. The van der Waals surface area contributed by atoms with Crippen LogP contribution in [0.15, 0.2) is 34.9 Å². The Labute approximate surface area is 179 Å². The van der Waals surface area contributed by atoms with Gasteiger partial charge in [0.05, 0.1) is 6.61 Å². The smallest absolute Gasteiger partial charge is 0.249 e. The first-order valence-electron chi connectivity index (χ1n) is 11.5. The highest BCUT2D eigenvalue weighted by Crippen LogP contribution is 2.31. The molecule has 1 amide bonds. The first-order valence-corrected chi connectivity index (χ1v) is 11.5. The van der Waals surface area contributed by atoms with Crippen LogP contribution in [0.2, 0.25) is 0 Å². The highest BCUT2D eigenvalue weighted by Gasteiger charge is 2.31. The maximum Gasteiger partial charge on any atom is 0.249 e. The van der Waals surface area contributed by atoms with Crippen molar-refractivity contribution >= 4 is 5.91 Å². The molecule has 1 aliphatic heterocycles. The third-order valence-electron chi connectivity index (χ3n) is 6.36. The Kier molecular flexibility index (Phi) is 7.51. The van der Waals surface area contributed by atoms with Gasteiger partial charge in [-0.3, -0.25) is 4.79 Å². The normalized spacial score (nSPS) is 20.0. The van der Waals surface area contributed by atoms with Gasteiger partial charge in [-0.2, -0.15) is 4.98 Å². The van der Waals surface area contributed by atoms with Gasteiger partial charge in [0.25, 0.3) is 0 Å². The number of likely N-dealkylation sites (tertiary alicyclic amines) is 1. The van der Waals surface area contributed by atoms with Crippen LogP contribution >= 0.6 is 0 Å². The van der Waals surface area contributed by atoms with Gasteiger partial charge in [-0.15, -0.1) is 0 Å². The third-order valence-corrected chi connectivity index (χ3v) is 6.36. The molecular weight excluding hydrogens is 378 g/mol. The molecule has 0 N–H and O–H groups in total. The molecular formula is C24H33N3O3. The Morgan fingerprint density at radius 2 is 1.87 bits per heavy atom. The van der Waals surface area contributed by atoms with Gasteiger partial charge in [0.2, 0.25) is 11.8 Å². The molecule has 30 heavy (non-hydrogen) atoms. The summed E-state index contributed by atoms with van der Waals surface area (Å²) in [4.78, 5) is 19.5. The van der Waals surface area contributed by atoms with Crippen LogP contribution < -0.4 is 0 Å². The number of nitrogens with zero attached hydrogens (tertiary/aromatic N) is 3. The third kappa shape index (κ3) is 5.69. The molecule has 1 aliphatic carbocycles. The maximum absolute atomic E-state index is 12.9. The van der Waals surface area contributed by atoms with Gasteiger partial charge in [0, 0.05) is 26.0 Å². The number of aromatic nitrogens is 2. The molecule has 1 aromatic heterocycles. The molecule has 162 valence electrons. The lowest BCUT2D eigenvalue weighted by molar-refractivity contribution is -0.135. The van der Waals surface area contributed by atoms with E-state index in [1.165, 1.54) is 31.2 Å². The summed E-state index contributed by atoms with van der Waals surface area (Å²) in [6, 6.07) is 10.1. The standard InChI is InChI=1S/C24H33N3O3/c28-23(14-13-19-8-2-1-3-9-19)27-16-7-6-12-21(27)24-25-22(26-30-24)15-17-29-18-20-10-4-5-11-20/h1-3,8-9,20-21H,4-7,10-18H2. The molecule has 1 saturated carbocycles. The maximum atomic E-state index is 12.9. The number of benzene rings is 1. The van der Waals surface area contributed by atoms with Crippen molar-refractivity contribution < 1.29 is 14.1 Å². The van der Waals surface area contributed by atoms with Gasteiger partial charge >= 0.3 is 0 Å². The van der Waals surface area contributed by atoms with E-state index in [1.54, 1.807) is 0 Å². The van der Waals surface area contributed by atoms with E-state index in [0.29, 0.717) is 31.2 Å². The number of hydrogen-bond acceptors (Lipinski definition) is 5. The fraction of sp³-hybridized carbons (Fsp3) is 0.625. The van der Waals surface area contributed by atoms with E-state index in [0.717, 1.165) is 44.8 Å². The summed E-state index contributed by atoms with van der Waals surface area (Å²) in [7, 11) is 0. The fourth-order valence-electron chi connectivity index (χ4n) is 4.62. The van der Waals surface area contributed by atoms with Crippen LogP contribution in [-0.4, -0.2) is 40.7 Å². The van der Waals surface area contributed by atoms with Gasteiger partial charge < -0.3 is 14.2 Å². The number of carbonyl (C=O) groups is 1. The van der Waals surface area contributed by atoms with E-state index < -0.39 is 0 Å². The molecule has 0 spiro atoms. The van der Waals surface area contributed by atoms with Crippen LogP contribution in [-0.2, 0) is 22.4 Å². The van der Waals surface area contributed by atoms with Gasteiger partial charge in [-0.1, -0.05) is 48.3 Å². The predicted octanol–water partition coefficient (Wildman–Crippen LogP) is 4.51. The summed E-state index contributed by atoms with van der Waals surface area (Å²) in [5.41, 5.74) is 1.19. The average molecular weight is 412 g/mol. The largest absolute Gasteiger partial charge is 0.381 e. The Bertz CT molecular complexity index is 786. The number of ether oxygens (including phenoxy) is 1. The number of hydrogen-bond donors (Lipinski definition) is 0. The number of amides is 1. The van der Waals surface area contributed by atoms with E-state index in [9.17, 15) is 4.79 Å². The molecule has 2 aromatic rings. The first kappa shape index (κ1) is 21.0. The molecule has 6 nitrogen and oxygen atoms in total. The second kappa shape index (κ2) is 10.7. The van der Waals surface area contributed by atoms with Gasteiger partial charge in [0.1, 0.15) is 6.04 Å². The Hall–Kier alpha value is -2.21. The van der Waals surface area contributed by atoms with Crippen LogP contribution in [0.1, 0.15) is 74.7 Å². The summed E-state index contributed by atoms with van der Waals surface area (Å²) < 4.78 is 11.4. The molecule has 0 radical (unpaired) electrons. The molecule has 4 rings (SSSR count). The lowest BCUT2D eigenvalue weighted by Crippen LogP contribution is -2.38. The molecule has 1 atom stereocenters. The highest BCUT2D eigenvalue weighted by atomic mass is 16.5. The minimum Gasteiger partial charge on any atom is -0.381 e. The molecule has 2 heterocycles. The summed E-state index contributed by atoms with van der Waals surface area (Å²) in [6.45, 7) is 2.23. The van der Waals surface area contributed by atoms with Crippen LogP contribution in [0.4, 0.5) is 0 Å². The summed E-state index contributed by atoms with van der Waals surface area (Å²) in [5, 5.41) is 4.14. The summed E-state index contributed by atoms with van der Waals surface area (Å²) in [5.74, 6) is 2.15. The minimum atomic E-state index is -0.0947. The molecule has 1 unspecified atom stereocenters. The quantitative estimate of drug-likeness (QED) is 0.568. The van der Waals surface area contributed by atoms with Crippen molar-refractivity contribution in [3.8, 4) is 0 Å². The molecule has 6 heteroatoms.